The lowest BCUT2D eigenvalue weighted by atomic mass is 9.89. The predicted molar refractivity (Wildman–Crippen MR) is 163 cm³/mol. The number of pyridine rings is 1. The lowest BCUT2D eigenvalue weighted by Gasteiger charge is -2.34. The number of amides is 1. The zero-order chi connectivity index (χ0) is 32.8. The van der Waals surface area contributed by atoms with E-state index in [2.05, 4.69) is 20.8 Å². The second-order valence-corrected chi connectivity index (χ2v) is 16.1. The number of halogens is 2. The monoisotopic (exact) mass is 634 g/mol. The SMILES string of the molecule is CCOC(=O)c1cn(C2CC2)c2c(OC[C@@H]3C[C@H](C(C)(C)O[Si]C(C)(C)C)CN3C(=O)OC(C)(C)C)c(F)c(F)cc2c1=O. The average Bonchev–Trinajstić information content (AvgIpc) is 3.65. The third-order valence-corrected chi connectivity index (χ3v) is 8.91. The van der Waals surface area contributed by atoms with E-state index in [4.69, 9.17) is 18.6 Å². The molecule has 0 spiro atoms. The second-order valence-electron chi connectivity index (χ2n) is 14.2. The number of likely N-dealkylation sites (tertiary alicyclic amines) is 1. The van der Waals surface area contributed by atoms with E-state index < -0.39 is 52.1 Å². The van der Waals surface area contributed by atoms with Gasteiger partial charge in [0.2, 0.25) is 21.0 Å². The standard InChI is InChI=1S/C32H44F2N2O7Si/c1-10-40-28(38)22-16-35(19-11-12-19)25-21(26(22)37)14-23(33)24(34)27(25)41-17-20-13-18(32(8,9)43-44-31(5,6)7)15-36(20)29(39)42-30(2,3)4/h14,16,18-20H,10-13,15,17H2,1-9H3/t18-,20-/m0/s1. The minimum absolute atomic E-state index is 0.0380. The molecule has 0 bridgehead atoms. The number of esters is 1. The van der Waals surface area contributed by atoms with Crippen LogP contribution in [0.5, 0.6) is 5.75 Å². The molecule has 1 aromatic carbocycles. The highest BCUT2D eigenvalue weighted by atomic mass is 28.2. The van der Waals surface area contributed by atoms with Crippen molar-refractivity contribution in [1.29, 1.82) is 0 Å². The molecular formula is C32H44F2N2O7Si. The average molecular weight is 635 g/mol. The molecule has 2 atom stereocenters. The molecule has 12 heteroatoms. The zero-order valence-corrected chi connectivity index (χ0v) is 28.1. The van der Waals surface area contributed by atoms with Crippen LogP contribution in [-0.4, -0.2) is 68.3 Å². The molecule has 0 N–H and O–H groups in total. The summed E-state index contributed by atoms with van der Waals surface area (Å²) in [7, 11) is 0.228. The molecule has 4 rings (SSSR count). The molecule has 2 fully saturated rings. The van der Waals surface area contributed by atoms with E-state index >= 15 is 4.39 Å². The second kappa shape index (κ2) is 12.4. The van der Waals surface area contributed by atoms with Crippen molar-refractivity contribution in [2.45, 2.75) is 110 Å². The molecule has 2 aromatic rings. The molecule has 2 radical (unpaired) electrons. The molecule has 1 aromatic heterocycles. The molecule has 0 unspecified atom stereocenters. The highest BCUT2D eigenvalue weighted by Crippen LogP contribution is 2.42. The van der Waals surface area contributed by atoms with E-state index in [0.717, 1.165) is 18.9 Å². The van der Waals surface area contributed by atoms with Crippen LogP contribution in [0, 0.1) is 17.6 Å². The van der Waals surface area contributed by atoms with E-state index in [1.807, 2.05) is 13.8 Å². The van der Waals surface area contributed by atoms with Crippen LogP contribution in [0.1, 0.15) is 98.0 Å². The summed E-state index contributed by atoms with van der Waals surface area (Å²) in [5.41, 5.74) is -2.29. The van der Waals surface area contributed by atoms with Crippen LogP contribution in [-0.2, 0) is 13.9 Å². The number of rotatable bonds is 9. The van der Waals surface area contributed by atoms with Crippen LogP contribution < -0.4 is 10.2 Å². The minimum Gasteiger partial charge on any atom is -0.486 e. The Kier molecular flexibility index (Phi) is 9.57. The summed E-state index contributed by atoms with van der Waals surface area (Å²) in [5, 5.41) is -0.216. The summed E-state index contributed by atoms with van der Waals surface area (Å²) in [6, 6.07) is 0.137. The number of aromatic nitrogens is 1. The predicted octanol–water partition coefficient (Wildman–Crippen LogP) is 6.43. The molecular weight excluding hydrogens is 590 g/mol. The van der Waals surface area contributed by atoms with E-state index in [-0.39, 0.29) is 56.4 Å². The van der Waals surface area contributed by atoms with Gasteiger partial charge in [-0.2, -0.15) is 4.39 Å². The molecule has 1 saturated heterocycles. The molecule has 1 saturated carbocycles. The van der Waals surface area contributed by atoms with Crippen molar-refractivity contribution >= 4 is 32.7 Å². The first-order valence-electron chi connectivity index (χ1n) is 15.1. The quantitative estimate of drug-likeness (QED) is 0.232. The summed E-state index contributed by atoms with van der Waals surface area (Å²) in [5.74, 6) is -3.88. The van der Waals surface area contributed by atoms with Gasteiger partial charge in [-0.15, -0.1) is 0 Å². The van der Waals surface area contributed by atoms with Gasteiger partial charge in [-0.05, 0) is 71.9 Å². The summed E-state index contributed by atoms with van der Waals surface area (Å²) < 4.78 is 55.2. The first-order chi connectivity index (χ1) is 20.3. The molecule has 44 heavy (non-hydrogen) atoms. The van der Waals surface area contributed by atoms with Gasteiger partial charge in [-0.3, -0.25) is 4.79 Å². The number of nitrogens with zero attached hydrogens (tertiary/aromatic N) is 2. The lowest BCUT2D eigenvalue weighted by molar-refractivity contribution is 0.0145. The van der Waals surface area contributed by atoms with Gasteiger partial charge in [0.25, 0.3) is 0 Å². The fourth-order valence-corrected chi connectivity index (χ4v) is 5.96. The Hall–Kier alpha value is -2.99. The topological polar surface area (TPSA) is 96.3 Å². The first-order valence-corrected chi connectivity index (χ1v) is 16.1. The van der Waals surface area contributed by atoms with Gasteiger partial charge in [0.15, 0.2) is 11.6 Å². The summed E-state index contributed by atoms with van der Waals surface area (Å²) in [6.07, 6.45) is 2.75. The van der Waals surface area contributed by atoms with Gasteiger partial charge >= 0.3 is 12.1 Å². The molecule has 1 aliphatic heterocycles. The Morgan fingerprint density at radius 1 is 1.07 bits per heavy atom. The van der Waals surface area contributed by atoms with Crippen molar-refractivity contribution in [3.63, 3.8) is 0 Å². The fourth-order valence-electron chi connectivity index (χ4n) is 5.23. The van der Waals surface area contributed by atoms with Crippen LogP contribution >= 0.6 is 0 Å². The summed E-state index contributed by atoms with van der Waals surface area (Å²) >= 11 is 0. The Labute approximate surface area is 260 Å². The van der Waals surface area contributed by atoms with Crippen molar-refractivity contribution in [3.05, 3.63) is 39.7 Å². The number of hydrogen-bond donors (Lipinski definition) is 0. The number of carbonyl (C=O) groups excluding carboxylic acids is 2. The Bertz CT molecular complexity index is 1470. The van der Waals surface area contributed by atoms with Crippen LogP contribution in [0.15, 0.2) is 17.1 Å². The summed E-state index contributed by atoms with van der Waals surface area (Å²) in [6.45, 7) is 17.4. The number of fused-ring (bicyclic) bond motifs is 1. The van der Waals surface area contributed by atoms with Crippen molar-refractivity contribution < 1.29 is 37.0 Å². The molecule has 2 heterocycles. The maximum atomic E-state index is 15.5. The number of hydrogen-bond acceptors (Lipinski definition) is 7. The van der Waals surface area contributed by atoms with Crippen LogP contribution in [0.2, 0.25) is 5.04 Å². The Morgan fingerprint density at radius 3 is 2.30 bits per heavy atom. The lowest BCUT2D eigenvalue weighted by Crippen LogP contribution is -2.43. The van der Waals surface area contributed by atoms with E-state index in [0.29, 0.717) is 13.0 Å². The zero-order valence-electron chi connectivity index (χ0n) is 27.1. The minimum atomic E-state index is -1.28. The fraction of sp³-hybridized carbons (Fsp3) is 0.656. The third-order valence-electron chi connectivity index (χ3n) is 7.67. The van der Waals surface area contributed by atoms with Crippen molar-refractivity contribution in [1.82, 2.24) is 9.47 Å². The van der Waals surface area contributed by atoms with E-state index in [9.17, 15) is 18.8 Å². The highest BCUT2D eigenvalue weighted by Gasteiger charge is 2.45. The van der Waals surface area contributed by atoms with Crippen molar-refractivity contribution in [2.24, 2.45) is 5.92 Å². The van der Waals surface area contributed by atoms with Crippen molar-refractivity contribution in [3.8, 4) is 5.75 Å². The number of carbonyl (C=O) groups is 2. The Morgan fingerprint density at radius 2 is 1.73 bits per heavy atom. The van der Waals surface area contributed by atoms with Gasteiger partial charge < -0.3 is 28.1 Å². The maximum Gasteiger partial charge on any atom is 0.410 e. The van der Waals surface area contributed by atoms with Crippen LogP contribution in [0.3, 0.4) is 0 Å². The van der Waals surface area contributed by atoms with Gasteiger partial charge in [-0.1, -0.05) is 20.8 Å². The van der Waals surface area contributed by atoms with E-state index in [1.165, 1.54) is 6.20 Å². The highest BCUT2D eigenvalue weighted by molar-refractivity contribution is 6.31. The molecule has 1 aliphatic carbocycles. The molecule has 9 nitrogen and oxygen atoms in total. The largest absolute Gasteiger partial charge is 0.486 e. The summed E-state index contributed by atoms with van der Waals surface area (Å²) in [4.78, 5) is 40.8. The maximum absolute atomic E-state index is 15.5. The number of benzene rings is 1. The molecule has 242 valence electrons. The Balaban J connectivity index is 1.71. The molecule has 1 amide bonds. The smallest absolute Gasteiger partial charge is 0.410 e. The van der Waals surface area contributed by atoms with Crippen LogP contribution in [0.25, 0.3) is 10.9 Å². The van der Waals surface area contributed by atoms with Gasteiger partial charge in [-0.25, -0.2) is 14.0 Å². The van der Waals surface area contributed by atoms with Crippen molar-refractivity contribution in [2.75, 3.05) is 19.8 Å². The number of ether oxygens (including phenoxy) is 3. The van der Waals surface area contributed by atoms with Gasteiger partial charge in [0.1, 0.15) is 17.8 Å². The van der Waals surface area contributed by atoms with Gasteiger partial charge in [0.05, 0.1) is 29.2 Å². The first kappa shape index (κ1) is 33.9. The van der Waals surface area contributed by atoms with Crippen LogP contribution in [0.4, 0.5) is 13.6 Å². The third kappa shape index (κ3) is 7.62. The normalized spacial score (nSPS) is 19.4. The van der Waals surface area contributed by atoms with E-state index in [1.54, 1.807) is 37.2 Å². The molecule has 2 aliphatic rings. The van der Waals surface area contributed by atoms with Gasteiger partial charge in [0, 0.05) is 24.7 Å².